The van der Waals surface area contributed by atoms with E-state index in [1.807, 2.05) is 27.7 Å². The molecule has 0 aromatic heterocycles. The van der Waals surface area contributed by atoms with Crippen LogP contribution in [0.3, 0.4) is 0 Å². The predicted molar refractivity (Wildman–Crippen MR) is 146 cm³/mol. The maximum atomic E-state index is 13.1. The van der Waals surface area contributed by atoms with Crippen molar-refractivity contribution in [2.45, 2.75) is 131 Å². The van der Waals surface area contributed by atoms with Gasteiger partial charge in [0.1, 0.15) is 18.3 Å². The van der Waals surface area contributed by atoms with Crippen molar-refractivity contribution >= 4 is 17.9 Å². The highest BCUT2D eigenvalue weighted by atomic mass is 16.6. The summed E-state index contributed by atoms with van der Waals surface area (Å²) < 4.78 is 17.8. The Morgan fingerprint density at radius 2 is 1.79 bits per heavy atom. The van der Waals surface area contributed by atoms with Gasteiger partial charge < -0.3 is 19.3 Å². The van der Waals surface area contributed by atoms with Crippen molar-refractivity contribution in [2.24, 2.45) is 39.4 Å². The van der Waals surface area contributed by atoms with Crippen molar-refractivity contribution < 1.29 is 33.7 Å². The standard InChI is InChI=1S/C32H48O7/c1-17(14-22(37-18(2)33)26-29(5,6)39-26)19-10-12-31(8)20(19)15-21-25-30(7,16-24(34)38-21)23(11-13-32(25,31)9)28(3,4)27(35)36/h17,21-23,25-26H,10-16H2,1-9H3,(H,35,36)/t17-,21+,22+,23?,25?,26-,30+,31+,32+/m1/s1. The van der Waals surface area contributed by atoms with E-state index in [2.05, 4.69) is 27.7 Å². The van der Waals surface area contributed by atoms with Crippen molar-refractivity contribution in [3.05, 3.63) is 11.1 Å². The van der Waals surface area contributed by atoms with Crippen molar-refractivity contribution in [3.8, 4) is 0 Å². The van der Waals surface area contributed by atoms with Gasteiger partial charge in [0.2, 0.25) is 0 Å². The normalized spacial score (nSPS) is 42.1. The number of epoxide rings is 1. The number of carbonyl (C=O) groups is 3. The van der Waals surface area contributed by atoms with E-state index in [9.17, 15) is 19.5 Å². The highest BCUT2D eigenvalue weighted by Crippen LogP contribution is 2.74. The summed E-state index contributed by atoms with van der Waals surface area (Å²) in [6.45, 7) is 18.4. The molecule has 0 aromatic rings. The molecular formula is C32H48O7. The number of hydrogen-bond donors (Lipinski definition) is 1. The van der Waals surface area contributed by atoms with E-state index < -0.39 is 16.8 Å². The lowest BCUT2D eigenvalue weighted by Gasteiger charge is -2.68. The second-order valence-electron chi connectivity index (χ2n) is 15.2. The molecule has 2 unspecified atom stereocenters. The third-order valence-electron chi connectivity index (χ3n) is 12.3. The summed E-state index contributed by atoms with van der Waals surface area (Å²) in [5, 5.41) is 10.2. The van der Waals surface area contributed by atoms with Gasteiger partial charge in [-0.1, -0.05) is 38.8 Å². The molecule has 218 valence electrons. The molecule has 1 N–H and O–H groups in total. The highest BCUT2D eigenvalue weighted by Gasteiger charge is 2.71. The summed E-state index contributed by atoms with van der Waals surface area (Å²) >= 11 is 0. The molecule has 9 atom stereocenters. The minimum Gasteiger partial charge on any atom is -0.481 e. The van der Waals surface area contributed by atoms with Crippen LogP contribution in [-0.2, 0) is 28.6 Å². The first-order valence-electron chi connectivity index (χ1n) is 14.9. The number of carboxylic acids is 1. The highest BCUT2D eigenvalue weighted by molar-refractivity contribution is 5.76. The first-order chi connectivity index (χ1) is 17.9. The summed E-state index contributed by atoms with van der Waals surface area (Å²) in [6, 6.07) is 0. The second-order valence-corrected chi connectivity index (χ2v) is 15.2. The number of rotatable bonds is 7. The van der Waals surface area contributed by atoms with E-state index in [1.165, 1.54) is 18.1 Å². The van der Waals surface area contributed by atoms with Crippen molar-refractivity contribution in [3.63, 3.8) is 0 Å². The molecule has 2 saturated carbocycles. The Hall–Kier alpha value is -1.89. The topological polar surface area (TPSA) is 102 Å². The molecule has 2 saturated heterocycles. The number of carboxylic acid groups (broad SMARTS) is 1. The average molecular weight is 545 g/mol. The van der Waals surface area contributed by atoms with Gasteiger partial charge in [-0.2, -0.15) is 0 Å². The third kappa shape index (κ3) is 4.11. The lowest BCUT2D eigenvalue weighted by Crippen LogP contribution is -2.67. The van der Waals surface area contributed by atoms with Crippen LogP contribution in [0.1, 0.15) is 107 Å². The SMILES string of the molecule is CC(=O)O[C@@H](C[C@@H](C)C1=C2C[C@@H]3OC(=O)C[C@@]4(C)C(C(C)(C)C(=O)O)CC[C@@](C)(C34)[C@@]2(C)CC1)[C@H]1OC1(C)C. The van der Waals surface area contributed by atoms with Gasteiger partial charge in [-0.25, -0.2) is 0 Å². The molecule has 0 amide bonds. The molecule has 0 spiro atoms. The number of esters is 2. The van der Waals surface area contributed by atoms with Crippen molar-refractivity contribution in [1.82, 2.24) is 0 Å². The quantitative estimate of drug-likeness (QED) is 0.235. The van der Waals surface area contributed by atoms with Crippen LogP contribution in [0.5, 0.6) is 0 Å². The lowest BCUT2D eigenvalue weighted by atomic mass is 9.37. The lowest BCUT2D eigenvalue weighted by molar-refractivity contribution is -0.237. The smallest absolute Gasteiger partial charge is 0.309 e. The Morgan fingerprint density at radius 3 is 2.36 bits per heavy atom. The Morgan fingerprint density at radius 1 is 1.15 bits per heavy atom. The number of ether oxygens (including phenoxy) is 3. The predicted octanol–water partition coefficient (Wildman–Crippen LogP) is 6.09. The third-order valence-corrected chi connectivity index (χ3v) is 12.3. The number of fused-ring (bicyclic) bond motifs is 2. The maximum Gasteiger partial charge on any atom is 0.309 e. The number of carbonyl (C=O) groups excluding carboxylic acids is 2. The van der Waals surface area contributed by atoms with Gasteiger partial charge in [-0.3, -0.25) is 14.4 Å². The van der Waals surface area contributed by atoms with Crippen LogP contribution in [-0.4, -0.2) is 46.9 Å². The molecule has 7 heteroatoms. The molecule has 3 aliphatic carbocycles. The summed E-state index contributed by atoms with van der Waals surface area (Å²) in [4.78, 5) is 37.4. The van der Waals surface area contributed by atoms with Crippen molar-refractivity contribution in [2.75, 3.05) is 0 Å². The van der Waals surface area contributed by atoms with Gasteiger partial charge in [0.15, 0.2) is 0 Å². The van der Waals surface area contributed by atoms with Crippen molar-refractivity contribution in [1.29, 1.82) is 0 Å². The van der Waals surface area contributed by atoms with Crippen LogP contribution < -0.4 is 0 Å². The number of aliphatic carboxylic acids is 1. The molecule has 7 nitrogen and oxygen atoms in total. The second kappa shape index (κ2) is 8.80. The van der Waals surface area contributed by atoms with E-state index >= 15 is 0 Å². The minimum atomic E-state index is -0.922. The molecule has 0 radical (unpaired) electrons. The van der Waals surface area contributed by atoms with Crippen LogP contribution >= 0.6 is 0 Å². The molecular weight excluding hydrogens is 496 g/mol. The molecule has 4 fully saturated rings. The number of allylic oxidation sites excluding steroid dienone is 1. The summed E-state index contributed by atoms with van der Waals surface area (Å²) in [5.74, 6) is -1.06. The Labute approximate surface area is 233 Å². The molecule has 0 aromatic carbocycles. The fourth-order valence-electron chi connectivity index (χ4n) is 10.2. The van der Waals surface area contributed by atoms with Crippen LogP contribution in [0.2, 0.25) is 0 Å². The fraction of sp³-hybridized carbons (Fsp3) is 0.844. The Bertz CT molecular complexity index is 1120. The zero-order chi connectivity index (χ0) is 28.9. The molecule has 5 aliphatic rings. The maximum absolute atomic E-state index is 13.1. The molecule has 2 aliphatic heterocycles. The largest absolute Gasteiger partial charge is 0.481 e. The van der Waals surface area contributed by atoms with E-state index in [0.29, 0.717) is 12.8 Å². The molecule has 5 rings (SSSR count). The fourth-order valence-corrected chi connectivity index (χ4v) is 10.2. The van der Waals surface area contributed by atoms with E-state index in [1.54, 1.807) is 0 Å². The molecule has 0 bridgehead atoms. The van der Waals surface area contributed by atoms with Gasteiger partial charge in [-0.15, -0.1) is 0 Å². The van der Waals surface area contributed by atoms with Gasteiger partial charge in [0.05, 0.1) is 17.4 Å². The minimum absolute atomic E-state index is 0.0482. The van der Waals surface area contributed by atoms with Gasteiger partial charge >= 0.3 is 17.9 Å². The first-order valence-corrected chi connectivity index (χ1v) is 14.9. The van der Waals surface area contributed by atoms with Gasteiger partial charge in [-0.05, 0) is 87.9 Å². The van der Waals surface area contributed by atoms with Crippen LogP contribution in [0.25, 0.3) is 0 Å². The van der Waals surface area contributed by atoms with E-state index in [4.69, 9.17) is 14.2 Å². The molecule has 2 heterocycles. The van der Waals surface area contributed by atoms with Gasteiger partial charge in [0.25, 0.3) is 0 Å². The van der Waals surface area contributed by atoms with E-state index in [-0.39, 0.29) is 70.9 Å². The van der Waals surface area contributed by atoms with E-state index in [0.717, 1.165) is 25.7 Å². The van der Waals surface area contributed by atoms with Crippen LogP contribution in [0.15, 0.2) is 11.1 Å². The summed E-state index contributed by atoms with van der Waals surface area (Å²) in [5.41, 5.74) is 1.05. The Balaban J connectivity index is 1.51. The number of hydrogen-bond acceptors (Lipinski definition) is 6. The average Bonchev–Trinajstić information content (AvgIpc) is 3.28. The van der Waals surface area contributed by atoms with Gasteiger partial charge in [0, 0.05) is 19.3 Å². The van der Waals surface area contributed by atoms with Crippen LogP contribution in [0, 0.1) is 39.4 Å². The molecule has 39 heavy (non-hydrogen) atoms. The van der Waals surface area contributed by atoms with Crippen LogP contribution in [0.4, 0.5) is 0 Å². The summed E-state index contributed by atoms with van der Waals surface area (Å²) in [7, 11) is 0. The monoisotopic (exact) mass is 544 g/mol. The zero-order valence-electron chi connectivity index (χ0n) is 25.3. The Kier molecular flexibility index (Phi) is 6.46. The summed E-state index contributed by atoms with van der Waals surface area (Å²) in [6.07, 6.45) is 4.82. The zero-order valence-corrected chi connectivity index (χ0v) is 25.3. The first kappa shape index (κ1) is 28.6.